The van der Waals surface area contributed by atoms with Crippen LogP contribution in [0.4, 0.5) is 5.69 Å². The highest BCUT2D eigenvalue weighted by Crippen LogP contribution is 2.36. The molecule has 0 bridgehead atoms. The molecule has 1 aliphatic rings. The van der Waals surface area contributed by atoms with Gasteiger partial charge in [0, 0.05) is 18.3 Å². The highest BCUT2D eigenvalue weighted by Gasteiger charge is 2.25. The van der Waals surface area contributed by atoms with Gasteiger partial charge in [-0.2, -0.15) is 0 Å². The summed E-state index contributed by atoms with van der Waals surface area (Å²) in [7, 11) is 1.65. The van der Waals surface area contributed by atoms with E-state index in [-0.39, 0.29) is 5.91 Å². The molecule has 17 heavy (non-hydrogen) atoms. The Balaban J connectivity index is 2.38. The molecular formula is C13H16BrNO2. The van der Waals surface area contributed by atoms with Crippen LogP contribution in [0.5, 0.6) is 5.75 Å². The monoisotopic (exact) mass is 297 g/mol. The van der Waals surface area contributed by atoms with E-state index in [1.807, 2.05) is 17.0 Å². The highest BCUT2D eigenvalue weighted by atomic mass is 79.9. The number of fused-ring (bicyclic) bond motifs is 1. The number of anilines is 1. The van der Waals surface area contributed by atoms with Crippen molar-refractivity contribution in [1.82, 2.24) is 0 Å². The minimum absolute atomic E-state index is 0.160. The molecule has 0 radical (unpaired) electrons. The normalized spacial score (nSPS) is 14.4. The summed E-state index contributed by atoms with van der Waals surface area (Å²) in [6.45, 7) is 0.791. The standard InChI is InChI=1S/C13H16BrNO2/c1-17-11-6-2-4-10-5-3-9-15(13(10)11)12(16)7-8-14/h2,4,6H,3,5,7-9H2,1H3. The quantitative estimate of drug-likeness (QED) is 0.803. The number of methoxy groups -OCH3 is 1. The van der Waals surface area contributed by atoms with Crippen LogP contribution in [-0.2, 0) is 11.2 Å². The maximum atomic E-state index is 12.1. The molecule has 92 valence electrons. The van der Waals surface area contributed by atoms with Crippen molar-refractivity contribution in [3.63, 3.8) is 0 Å². The predicted molar refractivity (Wildman–Crippen MR) is 72.1 cm³/mol. The Morgan fingerprint density at radius 1 is 1.53 bits per heavy atom. The van der Waals surface area contributed by atoms with Gasteiger partial charge in [-0.1, -0.05) is 28.1 Å². The second kappa shape index (κ2) is 5.54. The van der Waals surface area contributed by atoms with Gasteiger partial charge in [0.2, 0.25) is 5.91 Å². The van der Waals surface area contributed by atoms with E-state index in [0.29, 0.717) is 11.8 Å². The van der Waals surface area contributed by atoms with Gasteiger partial charge >= 0.3 is 0 Å². The van der Waals surface area contributed by atoms with Crippen molar-refractivity contribution < 1.29 is 9.53 Å². The van der Waals surface area contributed by atoms with E-state index in [4.69, 9.17) is 4.74 Å². The molecule has 1 heterocycles. The molecule has 2 rings (SSSR count). The van der Waals surface area contributed by atoms with Gasteiger partial charge < -0.3 is 9.64 Å². The van der Waals surface area contributed by atoms with Crippen LogP contribution in [0.25, 0.3) is 0 Å². The SMILES string of the molecule is COc1cccc2c1N(C(=O)CCBr)CCC2. The van der Waals surface area contributed by atoms with Crippen molar-refractivity contribution >= 4 is 27.5 Å². The molecule has 0 saturated heterocycles. The number of para-hydroxylation sites is 1. The molecule has 4 heteroatoms. The number of carbonyl (C=O) groups is 1. The van der Waals surface area contributed by atoms with Crippen molar-refractivity contribution in [3.8, 4) is 5.75 Å². The van der Waals surface area contributed by atoms with E-state index in [2.05, 4.69) is 22.0 Å². The van der Waals surface area contributed by atoms with E-state index >= 15 is 0 Å². The molecule has 1 aromatic rings. The van der Waals surface area contributed by atoms with Gasteiger partial charge in [0.05, 0.1) is 12.8 Å². The van der Waals surface area contributed by atoms with Crippen LogP contribution in [0.1, 0.15) is 18.4 Å². The molecule has 1 amide bonds. The van der Waals surface area contributed by atoms with Crippen LogP contribution >= 0.6 is 15.9 Å². The lowest BCUT2D eigenvalue weighted by Crippen LogP contribution is -2.35. The van der Waals surface area contributed by atoms with Gasteiger partial charge in [-0.05, 0) is 24.5 Å². The summed E-state index contributed by atoms with van der Waals surface area (Å²) >= 11 is 3.31. The molecule has 0 aliphatic carbocycles. The fourth-order valence-corrected chi connectivity index (χ4v) is 2.58. The van der Waals surface area contributed by atoms with Crippen LogP contribution in [0.3, 0.4) is 0 Å². The lowest BCUT2D eigenvalue weighted by atomic mass is 10.0. The zero-order valence-electron chi connectivity index (χ0n) is 9.91. The number of aryl methyl sites for hydroxylation is 1. The average Bonchev–Trinajstić information content (AvgIpc) is 2.37. The van der Waals surface area contributed by atoms with Crippen molar-refractivity contribution in [2.24, 2.45) is 0 Å². The van der Waals surface area contributed by atoms with Crippen LogP contribution in [0.2, 0.25) is 0 Å². The fraction of sp³-hybridized carbons (Fsp3) is 0.462. The van der Waals surface area contributed by atoms with Crippen LogP contribution in [0.15, 0.2) is 18.2 Å². The second-order valence-corrected chi connectivity index (χ2v) is 4.85. The van der Waals surface area contributed by atoms with E-state index in [0.717, 1.165) is 30.8 Å². The minimum atomic E-state index is 0.160. The minimum Gasteiger partial charge on any atom is -0.495 e. The first-order chi connectivity index (χ1) is 8.27. The van der Waals surface area contributed by atoms with Gasteiger partial charge in [-0.15, -0.1) is 0 Å². The molecule has 0 aromatic heterocycles. The second-order valence-electron chi connectivity index (χ2n) is 4.06. The van der Waals surface area contributed by atoms with Gasteiger partial charge in [0.25, 0.3) is 0 Å². The highest BCUT2D eigenvalue weighted by molar-refractivity contribution is 9.09. The molecule has 0 N–H and O–H groups in total. The number of nitrogens with zero attached hydrogens (tertiary/aromatic N) is 1. The van der Waals surface area contributed by atoms with E-state index in [1.54, 1.807) is 7.11 Å². The molecule has 0 fully saturated rings. The van der Waals surface area contributed by atoms with Crippen LogP contribution < -0.4 is 9.64 Å². The summed E-state index contributed by atoms with van der Waals surface area (Å²) in [6, 6.07) is 5.97. The number of halogens is 1. The number of hydrogen-bond acceptors (Lipinski definition) is 2. The average molecular weight is 298 g/mol. The third-order valence-corrected chi connectivity index (χ3v) is 3.41. The van der Waals surface area contributed by atoms with Gasteiger partial charge in [0.15, 0.2) is 0 Å². The Hall–Kier alpha value is -1.03. The number of benzene rings is 1. The molecule has 1 aromatic carbocycles. The summed E-state index contributed by atoms with van der Waals surface area (Å²) in [6.07, 6.45) is 2.57. The third-order valence-electron chi connectivity index (χ3n) is 3.01. The first-order valence-electron chi connectivity index (χ1n) is 5.80. The van der Waals surface area contributed by atoms with Crippen molar-refractivity contribution in [1.29, 1.82) is 0 Å². The number of rotatable bonds is 3. The molecule has 1 aliphatic heterocycles. The molecule has 0 atom stereocenters. The van der Waals surface area contributed by atoms with E-state index in [1.165, 1.54) is 5.56 Å². The van der Waals surface area contributed by atoms with Gasteiger partial charge in [-0.3, -0.25) is 4.79 Å². The molecule has 0 saturated carbocycles. The first-order valence-corrected chi connectivity index (χ1v) is 6.92. The zero-order chi connectivity index (χ0) is 12.3. The van der Waals surface area contributed by atoms with E-state index < -0.39 is 0 Å². The largest absolute Gasteiger partial charge is 0.495 e. The summed E-state index contributed by atoms with van der Waals surface area (Å²) in [5, 5.41) is 0.701. The maximum Gasteiger partial charge on any atom is 0.227 e. The fourth-order valence-electron chi connectivity index (χ4n) is 2.25. The Kier molecular flexibility index (Phi) is 4.05. The molecular weight excluding hydrogens is 282 g/mol. The van der Waals surface area contributed by atoms with E-state index in [9.17, 15) is 4.79 Å². The smallest absolute Gasteiger partial charge is 0.227 e. The topological polar surface area (TPSA) is 29.5 Å². The van der Waals surface area contributed by atoms with Crippen LogP contribution in [0, 0.1) is 0 Å². The summed E-state index contributed by atoms with van der Waals surface area (Å²) in [5.41, 5.74) is 2.17. The van der Waals surface area contributed by atoms with Crippen molar-refractivity contribution in [2.45, 2.75) is 19.3 Å². The predicted octanol–water partition coefficient (Wildman–Crippen LogP) is 2.76. The zero-order valence-corrected chi connectivity index (χ0v) is 11.5. The Labute approximate surface area is 110 Å². The molecule has 3 nitrogen and oxygen atoms in total. The van der Waals surface area contributed by atoms with Gasteiger partial charge in [0.1, 0.15) is 5.75 Å². The van der Waals surface area contributed by atoms with Crippen molar-refractivity contribution in [3.05, 3.63) is 23.8 Å². The summed E-state index contributed by atoms with van der Waals surface area (Å²) in [5.74, 6) is 0.956. The Morgan fingerprint density at radius 2 is 2.35 bits per heavy atom. The van der Waals surface area contributed by atoms with Crippen molar-refractivity contribution in [2.75, 3.05) is 23.9 Å². The molecule has 0 unspecified atom stereocenters. The third kappa shape index (κ3) is 2.46. The maximum absolute atomic E-state index is 12.1. The number of amides is 1. The first kappa shape index (κ1) is 12.4. The Morgan fingerprint density at radius 3 is 3.06 bits per heavy atom. The molecule has 0 spiro atoms. The van der Waals surface area contributed by atoms with Crippen LogP contribution in [-0.4, -0.2) is 24.9 Å². The van der Waals surface area contributed by atoms with Gasteiger partial charge in [-0.25, -0.2) is 0 Å². The number of alkyl halides is 1. The Bertz CT molecular complexity index is 406. The summed E-state index contributed by atoms with van der Waals surface area (Å²) < 4.78 is 5.37. The number of hydrogen-bond donors (Lipinski definition) is 0. The number of carbonyl (C=O) groups excluding carboxylic acids is 1. The lowest BCUT2D eigenvalue weighted by Gasteiger charge is -2.30. The summed E-state index contributed by atoms with van der Waals surface area (Å²) in [4.78, 5) is 13.9. The number of ether oxygens (including phenoxy) is 1. The lowest BCUT2D eigenvalue weighted by molar-refractivity contribution is -0.118.